The first-order chi connectivity index (χ1) is 11.0. The van der Waals surface area contributed by atoms with Crippen LogP contribution in [-0.4, -0.2) is 36.2 Å². The molecule has 3 nitrogen and oxygen atoms in total. The third kappa shape index (κ3) is 4.00. The molecule has 0 atom stereocenters. The third-order valence-electron chi connectivity index (χ3n) is 4.06. The van der Waals surface area contributed by atoms with Crippen molar-refractivity contribution in [2.24, 2.45) is 5.92 Å². The van der Waals surface area contributed by atoms with Crippen LogP contribution < -0.4 is 0 Å². The molecule has 0 radical (unpaired) electrons. The van der Waals surface area contributed by atoms with Gasteiger partial charge >= 0.3 is 0 Å². The molecule has 1 fully saturated rings. The quantitative estimate of drug-likeness (QED) is 0.717. The number of nitrogens with zero attached hydrogens (tertiary/aromatic N) is 2. The van der Waals surface area contributed by atoms with Crippen LogP contribution >= 0.6 is 34.8 Å². The fourth-order valence-corrected chi connectivity index (χ4v) is 3.81. The summed E-state index contributed by atoms with van der Waals surface area (Å²) in [5.74, 6) is -0.107. The normalized spacial score (nSPS) is 20.0. The van der Waals surface area contributed by atoms with Gasteiger partial charge in [0.25, 0.3) is 0 Å². The highest BCUT2D eigenvalue weighted by Crippen LogP contribution is 2.37. The van der Waals surface area contributed by atoms with Crippen molar-refractivity contribution < 1.29 is 9.13 Å². The largest absolute Gasteiger partial charge is 0.381 e. The van der Waals surface area contributed by atoms with Crippen LogP contribution in [0.2, 0.25) is 5.02 Å². The van der Waals surface area contributed by atoms with Crippen molar-refractivity contribution in [2.75, 3.05) is 26.3 Å². The van der Waals surface area contributed by atoms with Crippen LogP contribution in [0.3, 0.4) is 0 Å². The summed E-state index contributed by atoms with van der Waals surface area (Å²) < 4.78 is 19.0. The predicted octanol–water partition coefficient (Wildman–Crippen LogP) is 4.65. The van der Waals surface area contributed by atoms with Crippen LogP contribution in [0.1, 0.15) is 18.4 Å². The maximum atomic E-state index is 13.6. The number of hydrogen-bond acceptors (Lipinski definition) is 3. The maximum Gasteiger partial charge on any atom is 0.213 e. The number of hydrogen-bond donors (Lipinski definition) is 0. The standard InChI is InChI=1S/C16H16Cl3FN2O/c17-11-5-13(18)16(12-6-15(20)21-7-14(12)19)22(9-11)8-10-1-3-23-4-2-10/h5-7,10H,1-4,8-9H2. The zero-order valence-electron chi connectivity index (χ0n) is 12.4. The Labute approximate surface area is 149 Å². The Bertz CT molecular complexity index is 657. The van der Waals surface area contributed by atoms with Gasteiger partial charge in [-0.1, -0.05) is 34.8 Å². The van der Waals surface area contributed by atoms with Crippen molar-refractivity contribution in [3.05, 3.63) is 44.9 Å². The lowest BCUT2D eigenvalue weighted by Crippen LogP contribution is -2.34. The molecule has 1 saturated heterocycles. The van der Waals surface area contributed by atoms with Gasteiger partial charge in [0.05, 0.1) is 22.3 Å². The fraction of sp³-hybridized carbons (Fsp3) is 0.438. The van der Waals surface area contributed by atoms with Crippen molar-refractivity contribution in [1.82, 2.24) is 9.88 Å². The Morgan fingerprint density at radius 2 is 2.00 bits per heavy atom. The molecule has 7 heteroatoms. The number of halogens is 4. The average molecular weight is 378 g/mol. The molecule has 1 aromatic heterocycles. The molecule has 0 N–H and O–H groups in total. The van der Waals surface area contributed by atoms with E-state index in [2.05, 4.69) is 9.88 Å². The van der Waals surface area contributed by atoms with Gasteiger partial charge in [-0.05, 0) is 24.8 Å². The summed E-state index contributed by atoms with van der Waals surface area (Å²) in [5.41, 5.74) is 1.24. The van der Waals surface area contributed by atoms with E-state index in [1.54, 1.807) is 6.08 Å². The van der Waals surface area contributed by atoms with E-state index in [9.17, 15) is 4.39 Å². The van der Waals surface area contributed by atoms with Crippen LogP contribution in [0.5, 0.6) is 0 Å². The smallest absolute Gasteiger partial charge is 0.213 e. The fourth-order valence-electron chi connectivity index (χ4n) is 2.95. The van der Waals surface area contributed by atoms with Gasteiger partial charge in [0.1, 0.15) is 0 Å². The summed E-state index contributed by atoms with van der Waals surface area (Å²) in [4.78, 5) is 5.64. The molecule has 2 aliphatic rings. The summed E-state index contributed by atoms with van der Waals surface area (Å²) >= 11 is 18.8. The molecule has 0 spiro atoms. The lowest BCUT2D eigenvalue weighted by Gasteiger charge is -2.35. The van der Waals surface area contributed by atoms with Crippen molar-refractivity contribution in [1.29, 1.82) is 0 Å². The highest BCUT2D eigenvalue weighted by atomic mass is 35.5. The number of allylic oxidation sites excluding steroid dienone is 2. The molecule has 124 valence electrons. The van der Waals surface area contributed by atoms with Crippen molar-refractivity contribution in [3.8, 4) is 0 Å². The number of aromatic nitrogens is 1. The van der Waals surface area contributed by atoms with Crippen LogP contribution in [0.15, 0.2) is 28.4 Å². The van der Waals surface area contributed by atoms with E-state index in [4.69, 9.17) is 39.5 Å². The molecule has 0 bridgehead atoms. The molecule has 2 aliphatic heterocycles. The van der Waals surface area contributed by atoms with Crippen LogP contribution in [0, 0.1) is 11.9 Å². The molecule has 23 heavy (non-hydrogen) atoms. The molecule has 0 amide bonds. The summed E-state index contributed by atoms with van der Waals surface area (Å²) in [7, 11) is 0. The topological polar surface area (TPSA) is 25.4 Å². The van der Waals surface area contributed by atoms with Crippen LogP contribution in [-0.2, 0) is 4.74 Å². The summed E-state index contributed by atoms with van der Waals surface area (Å²) in [5, 5.41) is 1.47. The molecule has 3 heterocycles. The minimum absolute atomic E-state index is 0.364. The lowest BCUT2D eigenvalue weighted by atomic mass is 9.98. The van der Waals surface area contributed by atoms with E-state index in [-0.39, 0.29) is 0 Å². The monoisotopic (exact) mass is 376 g/mol. The van der Waals surface area contributed by atoms with Gasteiger partial charge in [-0.15, -0.1) is 0 Å². The van der Waals surface area contributed by atoms with Gasteiger partial charge in [0.15, 0.2) is 0 Å². The summed E-state index contributed by atoms with van der Waals surface area (Å²) in [6, 6.07) is 1.31. The molecule has 3 rings (SSSR count). The lowest BCUT2D eigenvalue weighted by molar-refractivity contribution is 0.0594. The highest BCUT2D eigenvalue weighted by molar-refractivity contribution is 6.38. The molecule has 0 aromatic carbocycles. The number of pyridine rings is 1. The van der Waals surface area contributed by atoms with Gasteiger partial charge in [-0.3, -0.25) is 0 Å². The Balaban J connectivity index is 1.94. The Morgan fingerprint density at radius 1 is 1.26 bits per heavy atom. The first-order valence-corrected chi connectivity index (χ1v) is 8.58. The van der Waals surface area contributed by atoms with E-state index in [1.807, 2.05) is 0 Å². The number of rotatable bonds is 3. The van der Waals surface area contributed by atoms with E-state index in [0.717, 1.165) is 32.6 Å². The molecule has 1 aromatic rings. The molecule has 0 aliphatic carbocycles. The van der Waals surface area contributed by atoms with Crippen molar-refractivity contribution in [3.63, 3.8) is 0 Å². The first-order valence-electron chi connectivity index (χ1n) is 7.44. The van der Waals surface area contributed by atoms with Gasteiger partial charge in [0, 0.05) is 42.6 Å². The molecular formula is C16H16Cl3FN2O. The van der Waals surface area contributed by atoms with E-state index in [1.165, 1.54) is 12.3 Å². The van der Waals surface area contributed by atoms with Gasteiger partial charge in [-0.25, -0.2) is 4.98 Å². The molecule has 0 unspecified atom stereocenters. The first kappa shape index (κ1) is 17.0. The summed E-state index contributed by atoms with van der Waals surface area (Å²) in [6.07, 6.45) is 4.96. The van der Waals surface area contributed by atoms with E-state index >= 15 is 0 Å². The Morgan fingerprint density at radius 3 is 2.74 bits per heavy atom. The van der Waals surface area contributed by atoms with Gasteiger partial charge < -0.3 is 9.64 Å². The SMILES string of the molecule is Fc1cc(C2=C(Cl)C=C(Cl)CN2CC2CCOCC2)c(Cl)cn1. The second-order valence-electron chi connectivity index (χ2n) is 5.71. The molecule has 0 saturated carbocycles. The Hall–Kier alpha value is -0.810. The van der Waals surface area contributed by atoms with Crippen LogP contribution in [0.25, 0.3) is 5.70 Å². The molecular weight excluding hydrogens is 362 g/mol. The van der Waals surface area contributed by atoms with E-state index in [0.29, 0.717) is 38.8 Å². The zero-order chi connectivity index (χ0) is 16.4. The van der Waals surface area contributed by atoms with Gasteiger partial charge in [-0.2, -0.15) is 4.39 Å². The van der Waals surface area contributed by atoms with E-state index < -0.39 is 5.95 Å². The highest BCUT2D eigenvalue weighted by Gasteiger charge is 2.26. The Kier molecular flexibility index (Phi) is 5.47. The second kappa shape index (κ2) is 7.39. The minimum atomic E-state index is -0.590. The number of ether oxygens (including phenoxy) is 1. The average Bonchev–Trinajstić information content (AvgIpc) is 2.51. The second-order valence-corrected chi connectivity index (χ2v) is 7.01. The van der Waals surface area contributed by atoms with Crippen molar-refractivity contribution >= 4 is 40.5 Å². The third-order valence-corrected chi connectivity index (χ3v) is 4.88. The van der Waals surface area contributed by atoms with Gasteiger partial charge in [0.2, 0.25) is 5.95 Å². The maximum absolute atomic E-state index is 13.6. The minimum Gasteiger partial charge on any atom is -0.381 e. The van der Waals surface area contributed by atoms with Crippen LogP contribution in [0.4, 0.5) is 4.39 Å². The zero-order valence-corrected chi connectivity index (χ0v) is 14.6. The van der Waals surface area contributed by atoms with Crippen molar-refractivity contribution in [2.45, 2.75) is 12.8 Å². The predicted molar refractivity (Wildman–Crippen MR) is 91.0 cm³/mol. The summed E-state index contributed by atoms with van der Waals surface area (Å²) in [6.45, 7) is 2.84.